The van der Waals surface area contributed by atoms with Crippen LogP contribution in [0.3, 0.4) is 0 Å². The van der Waals surface area contributed by atoms with Crippen molar-refractivity contribution >= 4 is 17.6 Å². The zero-order valence-corrected chi connectivity index (χ0v) is 13.3. The minimum Gasteiger partial charge on any atom is -0.334 e. The summed E-state index contributed by atoms with van der Waals surface area (Å²) in [5, 5.41) is 8.66. The number of urea groups is 1. The van der Waals surface area contributed by atoms with E-state index in [-0.39, 0.29) is 24.0 Å². The minimum absolute atomic E-state index is 0.0630. The molecule has 0 aliphatic carbocycles. The summed E-state index contributed by atoms with van der Waals surface area (Å²) in [6, 6.07) is 8.15. The maximum absolute atomic E-state index is 11.8. The van der Waals surface area contributed by atoms with E-state index < -0.39 is 0 Å². The second kappa shape index (κ2) is 7.82. The van der Waals surface area contributed by atoms with E-state index in [9.17, 15) is 9.59 Å². The van der Waals surface area contributed by atoms with Crippen LogP contribution >= 0.6 is 0 Å². The maximum atomic E-state index is 11.8. The number of hydrogen-bond donors (Lipinski definition) is 3. The Labute approximate surface area is 131 Å². The second-order valence-electron chi connectivity index (χ2n) is 6.03. The van der Waals surface area contributed by atoms with Crippen molar-refractivity contribution in [3.8, 4) is 0 Å². The molecule has 0 saturated carbocycles. The average Bonchev–Trinajstić information content (AvgIpc) is 2.79. The topological polar surface area (TPSA) is 70.2 Å². The van der Waals surface area contributed by atoms with Gasteiger partial charge in [0.25, 0.3) is 0 Å². The number of carbonyl (C=O) groups is 2. The van der Waals surface area contributed by atoms with Crippen LogP contribution in [0, 0.1) is 6.92 Å². The quantitative estimate of drug-likeness (QED) is 0.678. The number of rotatable bonds is 7. The van der Waals surface area contributed by atoms with Gasteiger partial charge >= 0.3 is 6.03 Å². The van der Waals surface area contributed by atoms with E-state index in [4.69, 9.17) is 0 Å². The average molecular weight is 303 g/mol. The number of benzene rings is 1. The first-order chi connectivity index (χ1) is 10.5. The summed E-state index contributed by atoms with van der Waals surface area (Å²) in [4.78, 5) is 23.0. The van der Waals surface area contributed by atoms with Gasteiger partial charge in [0.2, 0.25) is 5.91 Å². The molecule has 0 radical (unpaired) electrons. The van der Waals surface area contributed by atoms with Gasteiger partial charge in [-0.25, -0.2) is 4.79 Å². The Morgan fingerprint density at radius 3 is 2.50 bits per heavy atom. The number of hydrogen-bond acceptors (Lipinski definition) is 2. The Hall–Kier alpha value is -2.04. The van der Waals surface area contributed by atoms with Crippen LogP contribution in [0.25, 0.3) is 0 Å². The van der Waals surface area contributed by atoms with Crippen LogP contribution in [0.5, 0.6) is 0 Å². The standard InChI is InChI=1S/C17H25N3O2/c1-12-8-10-14(11-9-12)19-16(21)7-5-3-4-6-15-13(2)18-17(22)20-15/h8-11,13,15H,3-7H2,1-2H3,(H,19,21)(H2,18,20,22)/t13-,15-/m0/s1. The molecule has 3 N–H and O–H groups in total. The molecule has 22 heavy (non-hydrogen) atoms. The predicted molar refractivity (Wildman–Crippen MR) is 87.8 cm³/mol. The highest BCUT2D eigenvalue weighted by Gasteiger charge is 2.26. The summed E-state index contributed by atoms with van der Waals surface area (Å²) < 4.78 is 0. The van der Waals surface area contributed by atoms with Crippen molar-refractivity contribution in [3.05, 3.63) is 29.8 Å². The van der Waals surface area contributed by atoms with E-state index in [2.05, 4.69) is 16.0 Å². The van der Waals surface area contributed by atoms with Crippen LogP contribution in [0.1, 0.15) is 44.6 Å². The fraction of sp³-hybridized carbons (Fsp3) is 0.529. The molecule has 1 aliphatic rings. The predicted octanol–water partition coefficient (Wildman–Crippen LogP) is 2.95. The van der Waals surface area contributed by atoms with Crippen molar-refractivity contribution in [2.75, 3.05) is 5.32 Å². The number of amides is 3. The van der Waals surface area contributed by atoms with E-state index in [0.29, 0.717) is 6.42 Å². The zero-order chi connectivity index (χ0) is 15.9. The summed E-state index contributed by atoms with van der Waals surface area (Å²) in [6.45, 7) is 4.03. The van der Waals surface area contributed by atoms with Crippen LogP contribution in [0.15, 0.2) is 24.3 Å². The van der Waals surface area contributed by atoms with E-state index in [1.165, 1.54) is 5.56 Å². The third-order valence-electron chi connectivity index (χ3n) is 4.03. The highest BCUT2D eigenvalue weighted by atomic mass is 16.2. The monoisotopic (exact) mass is 303 g/mol. The first-order valence-corrected chi connectivity index (χ1v) is 7.98. The molecule has 0 unspecified atom stereocenters. The van der Waals surface area contributed by atoms with Crippen LogP contribution in [-0.4, -0.2) is 24.0 Å². The van der Waals surface area contributed by atoms with Crippen molar-refractivity contribution < 1.29 is 9.59 Å². The highest BCUT2D eigenvalue weighted by Crippen LogP contribution is 2.13. The second-order valence-corrected chi connectivity index (χ2v) is 6.03. The van der Waals surface area contributed by atoms with Gasteiger partial charge < -0.3 is 16.0 Å². The Balaban J connectivity index is 1.57. The van der Waals surface area contributed by atoms with Crippen molar-refractivity contribution in [2.24, 2.45) is 0 Å². The molecule has 0 aromatic heterocycles. The van der Waals surface area contributed by atoms with E-state index in [1.54, 1.807) is 0 Å². The van der Waals surface area contributed by atoms with Crippen molar-refractivity contribution in [1.82, 2.24) is 10.6 Å². The SMILES string of the molecule is Cc1ccc(NC(=O)CCCCC[C@@H]2NC(=O)N[C@H]2C)cc1. The molecular weight excluding hydrogens is 278 g/mol. The summed E-state index contributed by atoms with van der Waals surface area (Å²) in [6.07, 6.45) is 4.40. The zero-order valence-electron chi connectivity index (χ0n) is 13.3. The van der Waals surface area contributed by atoms with Gasteiger partial charge in [0.15, 0.2) is 0 Å². The molecule has 1 aromatic carbocycles. The maximum Gasteiger partial charge on any atom is 0.315 e. The van der Waals surface area contributed by atoms with Crippen LogP contribution in [0.2, 0.25) is 0 Å². The van der Waals surface area contributed by atoms with Crippen molar-refractivity contribution in [3.63, 3.8) is 0 Å². The molecule has 1 aromatic rings. The van der Waals surface area contributed by atoms with Gasteiger partial charge in [-0.3, -0.25) is 4.79 Å². The molecule has 2 rings (SSSR count). The molecule has 2 atom stereocenters. The lowest BCUT2D eigenvalue weighted by molar-refractivity contribution is -0.116. The first kappa shape index (κ1) is 16.3. The van der Waals surface area contributed by atoms with Crippen molar-refractivity contribution in [1.29, 1.82) is 0 Å². The molecule has 120 valence electrons. The lowest BCUT2D eigenvalue weighted by atomic mass is 10.0. The summed E-state index contributed by atoms with van der Waals surface area (Å²) in [7, 11) is 0. The Bertz CT molecular complexity index is 513. The molecule has 0 bridgehead atoms. The fourth-order valence-corrected chi connectivity index (χ4v) is 2.65. The van der Waals surface area contributed by atoms with E-state index >= 15 is 0 Å². The lowest BCUT2D eigenvalue weighted by Gasteiger charge is -2.13. The fourth-order valence-electron chi connectivity index (χ4n) is 2.65. The van der Waals surface area contributed by atoms with Gasteiger partial charge in [-0.15, -0.1) is 0 Å². The lowest BCUT2D eigenvalue weighted by Crippen LogP contribution is -2.30. The summed E-state index contributed by atoms with van der Waals surface area (Å²) in [5.74, 6) is 0.0630. The van der Waals surface area contributed by atoms with Gasteiger partial charge in [-0.05, 0) is 38.8 Å². The van der Waals surface area contributed by atoms with E-state index in [1.807, 2.05) is 38.1 Å². The summed E-state index contributed by atoms with van der Waals surface area (Å²) in [5.41, 5.74) is 2.03. The first-order valence-electron chi connectivity index (χ1n) is 7.98. The number of carbonyl (C=O) groups excluding carboxylic acids is 2. The molecule has 1 heterocycles. The third-order valence-corrected chi connectivity index (χ3v) is 4.03. The molecule has 3 amide bonds. The largest absolute Gasteiger partial charge is 0.334 e. The van der Waals surface area contributed by atoms with Gasteiger partial charge in [-0.2, -0.15) is 0 Å². The Kier molecular flexibility index (Phi) is 5.81. The van der Waals surface area contributed by atoms with Gasteiger partial charge in [-0.1, -0.05) is 30.5 Å². The molecule has 1 aliphatic heterocycles. The smallest absolute Gasteiger partial charge is 0.315 e. The summed E-state index contributed by atoms with van der Waals surface area (Å²) >= 11 is 0. The molecule has 1 saturated heterocycles. The molecule has 1 fully saturated rings. The van der Waals surface area contributed by atoms with Crippen LogP contribution < -0.4 is 16.0 Å². The van der Waals surface area contributed by atoms with Gasteiger partial charge in [0.1, 0.15) is 0 Å². The third kappa shape index (κ3) is 5.06. The Morgan fingerprint density at radius 2 is 1.86 bits per heavy atom. The number of anilines is 1. The van der Waals surface area contributed by atoms with Crippen LogP contribution in [-0.2, 0) is 4.79 Å². The van der Waals surface area contributed by atoms with Gasteiger partial charge in [0, 0.05) is 18.2 Å². The molecule has 5 heteroatoms. The molecule has 0 spiro atoms. The van der Waals surface area contributed by atoms with Gasteiger partial charge in [0.05, 0.1) is 6.04 Å². The van der Waals surface area contributed by atoms with E-state index in [0.717, 1.165) is 31.4 Å². The highest BCUT2D eigenvalue weighted by molar-refractivity contribution is 5.90. The number of aryl methyl sites for hydroxylation is 1. The Morgan fingerprint density at radius 1 is 1.14 bits per heavy atom. The molecule has 5 nitrogen and oxygen atoms in total. The number of unbranched alkanes of at least 4 members (excludes halogenated alkanes) is 2. The number of nitrogens with one attached hydrogen (secondary N) is 3. The van der Waals surface area contributed by atoms with Crippen LogP contribution in [0.4, 0.5) is 10.5 Å². The minimum atomic E-state index is -0.0741. The van der Waals surface area contributed by atoms with Crippen molar-refractivity contribution in [2.45, 2.75) is 58.0 Å². The normalized spacial score (nSPS) is 20.4. The molecular formula is C17H25N3O2.